The Balaban J connectivity index is 0. The summed E-state index contributed by atoms with van der Waals surface area (Å²) in [7, 11) is 0. The number of hydrogen-bond acceptors (Lipinski definition) is 0. The second kappa shape index (κ2) is 9.74. The maximum absolute atomic E-state index is 3.25. The van der Waals surface area contributed by atoms with Crippen molar-refractivity contribution in [2.75, 3.05) is 0 Å². The topological polar surface area (TPSA) is 0 Å². The van der Waals surface area contributed by atoms with E-state index in [1.165, 1.54) is 6.08 Å². The second-order valence-electron chi connectivity index (χ2n) is 0.289. The summed E-state index contributed by atoms with van der Waals surface area (Å²) in [6, 6.07) is 0. The van der Waals surface area contributed by atoms with E-state index in [4.69, 9.17) is 0 Å². The summed E-state index contributed by atoms with van der Waals surface area (Å²) >= 11 is 0. The maximum atomic E-state index is 3.25. The van der Waals surface area contributed by atoms with Gasteiger partial charge in [-0.2, -0.15) is 0 Å². The van der Waals surface area contributed by atoms with Crippen molar-refractivity contribution in [1.82, 2.24) is 0 Å². The van der Waals surface area contributed by atoms with Crippen molar-refractivity contribution in [3.8, 4) is 0 Å². The van der Waals surface area contributed by atoms with Crippen molar-refractivity contribution in [3.05, 3.63) is 19.6 Å². The monoisotopic (exact) mass is 131 g/mol. The zero-order valence-corrected chi connectivity index (χ0v) is 4.95. The van der Waals surface area contributed by atoms with Crippen LogP contribution in [0.15, 0.2) is 12.7 Å². The van der Waals surface area contributed by atoms with Gasteiger partial charge in [0.05, 0.1) is 0 Å². The van der Waals surface area contributed by atoms with E-state index in [-0.39, 0.29) is 26.2 Å². The molecule has 0 aliphatic carbocycles. The molecule has 0 radical (unpaired) electrons. The van der Waals surface area contributed by atoms with Gasteiger partial charge < -0.3 is 0 Å². The van der Waals surface area contributed by atoms with Crippen LogP contribution in [0.5, 0.6) is 0 Å². The van der Waals surface area contributed by atoms with Crippen LogP contribution in [-0.4, -0.2) is 0 Å². The third-order valence-corrected chi connectivity index (χ3v) is 0. The third kappa shape index (κ3) is 22.9. The Hall–Kier alpha value is 0.493. The first-order valence-electron chi connectivity index (χ1n) is 0.816. The molecule has 0 aliphatic rings. The van der Waals surface area contributed by atoms with E-state index in [1.807, 2.05) is 0 Å². The molecule has 0 saturated heterocycles. The first-order chi connectivity index (χ1) is 1.41. The van der Waals surface area contributed by atoms with Crippen LogP contribution in [-0.2, 0) is 26.2 Å². The fourth-order valence-corrected chi connectivity index (χ4v) is 0. The molecule has 0 bridgehead atoms. The minimum Gasteiger partial charge on any atom is -0.245 e. The molecule has 0 aromatic carbocycles. The molecule has 0 spiro atoms. The average Bonchev–Trinajstić information content (AvgIpc) is 0.918. The molecule has 0 amide bonds. The molecule has 0 unspecified atom stereocenters. The van der Waals surface area contributed by atoms with Crippen molar-refractivity contribution in [1.29, 1.82) is 0 Å². The predicted octanol–water partition coefficient (Wildman–Crippen LogP) is 1.00. The molecule has 0 N–H and O–H groups in total. The van der Waals surface area contributed by atoms with Gasteiger partial charge in [-0.25, -0.2) is 19.6 Å². The van der Waals surface area contributed by atoms with Crippen LogP contribution in [0.1, 0.15) is 0 Å². The first-order valence-corrected chi connectivity index (χ1v) is 0.816. The number of hydrogen-bond donors (Lipinski definition) is 0. The standard InChI is InChI=1S/C3H5.Zr/c1-3-2;/h3H,1-2H2;/q-1;. The molecule has 0 atom stereocenters. The molecule has 0 fully saturated rings. The van der Waals surface area contributed by atoms with E-state index in [9.17, 15) is 0 Å². The molecule has 0 saturated carbocycles. The van der Waals surface area contributed by atoms with Crippen LogP contribution in [0.4, 0.5) is 0 Å². The summed E-state index contributed by atoms with van der Waals surface area (Å²) in [5.41, 5.74) is 0. The van der Waals surface area contributed by atoms with Crippen molar-refractivity contribution in [2.24, 2.45) is 0 Å². The van der Waals surface area contributed by atoms with Gasteiger partial charge in [-0.1, -0.05) is 0 Å². The molecule has 0 rings (SSSR count). The quantitative estimate of drug-likeness (QED) is 0.431. The molecular formula is C3H5Zr-. The molecule has 0 aromatic heterocycles. The summed E-state index contributed by atoms with van der Waals surface area (Å²) in [6.45, 7) is 6.50. The van der Waals surface area contributed by atoms with Crippen LogP contribution in [0, 0.1) is 6.92 Å². The van der Waals surface area contributed by atoms with E-state index in [1.54, 1.807) is 0 Å². The Labute approximate surface area is 46.0 Å². The zero-order valence-electron chi connectivity index (χ0n) is 2.49. The minimum atomic E-state index is 0. The van der Waals surface area contributed by atoms with Gasteiger partial charge in [-0.05, 0) is 0 Å². The predicted molar refractivity (Wildman–Crippen MR) is 15.6 cm³/mol. The molecule has 0 heterocycles. The van der Waals surface area contributed by atoms with Crippen LogP contribution in [0.25, 0.3) is 0 Å². The van der Waals surface area contributed by atoms with Gasteiger partial charge in [0.1, 0.15) is 0 Å². The largest absolute Gasteiger partial charge is 0.245 e. The van der Waals surface area contributed by atoms with E-state index in [0.29, 0.717) is 0 Å². The molecule has 4 heavy (non-hydrogen) atoms. The molecule has 0 aliphatic heterocycles. The Morgan fingerprint density at radius 1 is 1.75 bits per heavy atom. The van der Waals surface area contributed by atoms with Crippen molar-refractivity contribution in [2.45, 2.75) is 0 Å². The van der Waals surface area contributed by atoms with Crippen LogP contribution < -0.4 is 0 Å². The summed E-state index contributed by atoms with van der Waals surface area (Å²) in [5, 5.41) is 0. The van der Waals surface area contributed by atoms with E-state index >= 15 is 0 Å². The van der Waals surface area contributed by atoms with Gasteiger partial charge in [0.15, 0.2) is 0 Å². The first kappa shape index (κ1) is 8.82. The normalized spacial score (nSPS) is 3.00. The Morgan fingerprint density at radius 2 is 1.75 bits per heavy atom. The Morgan fingerprint density at radius 3 is 1.75 bits per heavy atom. The smallest absolute Gasteiger partial charge is 0 e. The summed E-state index contributed by atoms with van der Waals surface area (Å²) in [4.78, 5) is 0. The van der Waals surface area contributed by atoms with Gasteiger partial charge in [0.2, 0.25) is 0 Å². The van der Waals surface area contributed by atoms with E-state index in [0.717, 1.165) is 0 Å². The van der Waals surface area contributed by atoms with Gasteiger partial charge in [0, 0.05) is 26.2 Å². The van der Waals surface area contributed by atoms with Gasteiger partial charge in [-0.3, -0.25) is 0 Å². The maximum Gasteiger partial charge on any atom is 0 e. The Bertz CT molecular complexity index is 10.8. The van der Waals surface area contributed by atoms with Gasteiger partial charge in [-0.15, -0.1) is 0 Å². The molecule has 0 nitrogen and oxygen atoms in total. The number of rotatable bonds is 0. The molecule has 1 heteroatoms. The van der Waals surface area contributed by atoms with Crippen LogP contribution >= 0.6 is 0 Å². The summed E-state index contributed by atoms with van der Waals surface area (Å²) in [6.07, 6.45) is 1.50. The fraction of sp³-hybridized carbons (Fsp3) is 0. The Kier molecular flexibility index (Phi) is 21.5. The fourth-order valence-electron chi connectivity index (χ4n) is 0. The van der Waals surface area contributed by atoms with Crippen molar-refractivity contribution >= 4 is 0 Å². The van der Waals surface area contributed by atoms with Crippen LogP contribution in [0.3, 0.4) is 0 Å². The zero-order chi connectivity index (χ0) is 2.71. The van der Waals surface area contributed by atoms with Crippen LogP contribution in [0.2, 0.25) is 0 Å². The minimum absolute atomic E-state index is 0. The molecule has 0 aromatic rings. The van der Waals surface area contributed by atoms with Gasteiger partial charge in [0.25, 0.3) is 0 Å². The second-order valence-corrected chi connectivity index (χ2v) is 0.289. The molecule has 22 valence electrons. The molecular weight excluding hydrogens is 127 g/mol. The van der Waals surface area contributed by atoms with Gasteiger partial charge >= 0.3 is 0 Å². The summed E-state index contributed by atoms with van der Waals surface area (Å²) in [5.74, 6) is 0. The third-order valence-electron chi connectivity index (χ3n) is 0. The number of allylic oxidation sites excluding steroid dienone is 1. The van der Waals surface area contributed by atoms with Crippen molar-refractivity contribution < 1.29 is 26.2 Å². The SMILES string of the molecule is C=C[CH2-].[Zr]. The van der Waals surface area contributed by atoms with E-state index < -0.39 is 0 Å². The average molecular weight is 132 g/mol. The summed E-state index contributed by atoms with van der Waals surface area (Å²) < 4.78 is 0. The van der Waals surface area contributed by atoms with E-state index in [2.05, 4.69) is 13.5 Å². The van der Waals surface area contributed by atoms with Crippen molar-refractivity contribution in [3.63, 3.8) is 0 Å².